The molecular weight excluding hydrogens is 164 g/mol. The third kappa shape index (κ3) is 1.38. The van der Waals surface area contributed by atoms with Crippen LogP contribution < -0.4 is 5.32 Å². The molecule has 2 rings (SSSR count). The molecule has 3 nitrogen and oxygen atoms in total. The van der Waals surface area contributed by atoms with E-state index in [9.17, 15) is 4.79 Å². The largest absolute Gasteiger partial charge is 0.352 e. The number of benzene rings is 1. The molecule has 1 amide bonds. The Labute approximate surface area is 76.0 Å². The van der Waals surface area contributed by atoms with Gasteiger partial charge in [-0.25, -0.2) is 0 Å². The molecule has 0 fully saturated rings. The van der Waals surface area contributed by atoms with Crippen molar-refractivity contribution in [2.75, 3.05) is 0 Å². The summed E-state index contributed by atoms with van der Waals surface area (Å²) in [5.41, 5.74) is 2.73. The number of hydrogen-bond donors (Lipinski definition) is 1. The van der Waals surface area contributed by atoms with E-state index < -0.39 is 0 Å². The molecule has 13 heavy (non-hydrogen) atoms. The van der Waals surface area contributed by atoms with Gasteiger partial charge in [0.25, 0.3) is 0 Å². The summed E-state index contributed by atoms with van der Waals surface area (Å²) in [5, 5.41) is 11.4. The van der Waals surface area contributed by atoms with Gasteiger partial charge in [-0.2, -0.15) is 5.26 Å². The fourth-order valence-corrected chi connectivity index (χ4v) is 1.46. The number of rotatable bonds is 0. The molecule has 1 aromatic rings. The van der Waals surface area contributed by atoms with Crippen LogP contribution in [0.1, 0.15) is 16.7 Å². The van der Waals surface area contributed by atoms with E-state index in [0.717, 1.165) is 11.1 Å². The number of nitrogens with one attached hydrogen (secondary N) is 1. The third-order valence-corrected chi connectivity index (χ3v) is 2.16. The SMILES string of the molecule is N#Cc1ccc2c(c1)CNC(=O)C2. The van der Waals surface area contributed by atoms with Gasteiger partial charge < -0.3 is 5.32 Å². The number of carbonyl (C=O) groups excluding carboxylic acids is 1. The molecule has 1 aliphatic heterocycles. The molecule has 0 radical (unpaired) electrons. The van der Waals surface area contributed by atoms with Crippen molar-refractivity contribution >= 4 is 5.91 Å². The van der Waals surface area contributed by atoms with E-state index in [0.29, 0.717) is 18.5 Å². The quantitative estimate of drug-likeness (QED) is 0.627. The first-order valence-corrected chi connectivity index (χ1v) is 4.08. The van der Waals surface area contributed by atoms with Crippen molar-refractivity contribution in [3.05, 3.63) is 34.9 Å². The number of fused-ring (bicyclic) bond motifs is 1. The van der Waals surface area contributed by atoms with E-state index in [1.54, 1.807) is 6.07 Å². The lowest BCUT2D eigenvalue weighted by molar-refractivity contribution is -0.121. The average Bonchev–Trinajstić information content (AvgIpc) is 2.17. The van der Waals surface area contributed by atoms with Gasteiger partial charge >= 0.3 is 0 Å². The molecule has 0 aliphatic carbocycles. The third-order valence-electron chi connectivity index (χ3n) is 2.16. The first-order valence-electron chi connectivity index (χ1n) is 4.08. The second-order valence-electron chi connectivity index (χ2n) is 3.05. The maximum atomic E-state index is 11.0. The maximum Gasteiger partial charge on any atom is 0.224 e. The Morgan fingerprint density at radius 2 is 2.23 bits per heavy atom. The smallest absolute Gasteiger partial charge is 0.224 e. The summed E-state index contributed by atoms with van der Waals surface area (Å²) in [6.45, 7) is 0.545. The molecule has 1 N–H and O–H groups in total. The van der Waals surface area contributed by atoms with Crippen LogP contribution in [0.5, 0.6) is 0 Å². The Kier molecular flexibility index (Phi) is 1.75. The monoisotopic (exact) mass is 172 g/mol. The molecule has 1 aliphatic rings. The lowest BCUT2D eigenvalue weighted by Gasteiger charge is -2.16. The van der Waals surface area contributed by atoms with Gasteiger partial charge in [0.05, 0.1) is 18.1 Å². The van der Waals surface area contributed by atoms with E-state index in [2.05, 4.69) is 11.4 Å². The molecule has 0 saturated carbocycles. The van der Waals surface area contributed by atoms with E-state index in [1.165, 1.54) is 0 Å². The summed E-state index contributed by atoms with van der Waals surface area (Å²) in [6.07, 6.45) is 0.432. The fourth-order valence-electron chi connectivity index (χ4n) is 1.46. The standard InChI is InChI=1S/C10H8N2O/c11-5-7-1-2-8-4-10(13)12-6-9(8)3-7/h1-3H,4,6H2,(H,12,13). The summed E-state index contributed by atoms with van der Waals surface area (Å²) in [7, 11) is 0. The van der Waals surface area contributed by atoms with Crippen molar-refractivity contribution < 1.29 is 4.79 Å². The minimum atomic E-state index is 0.0530. The zero-order valence-electron chi connectivity index (χ0n) is 7.00. The van der Waals surface area contributed by atoms with Crippen molar-refractivity contribution in [1.29, 1.82) is 5.26 Å². The molecule has 1 aromatic carbocycles. The highest BCUT2D eigenvalue weighted by Gasteiger charge is 2.14. The molecule has 64 valence electrons. The van der Waals surface area contributed by atoms with Crippen LogP contribution in [-0.4, -0.2) is 5.91 Å². The Morgan fingerprint density at radius 1 is 1.38 bits per heavy atom. The van der Waals surface area contributed by atoms with Crippen LogP contribution >= 0.6 is 0 Å². The van der Waals surface area contributed by atoms with Crippen molar-refractivity contribution in [1.82, 2.24) is 5.32 Å². The minimum Gasteiger partial charge on any atom is -0.352 e. The number of nitriles is 1. The molecule has 0 aromatic heterocycles. The normalized spacial score (nSPS) is 14.2. The van der Waals surface area contributed by atoms with E-state index in [1.807, 2.05) is 12.1 Å². The van der Waals surface area contributed by atoms with E-state index in [-0.39, 0.29) is 5.91 Å². The Morgan fingerprint density at radius 3 is 3.00 bits per heavy atom. The molecular formula is C10H8N2O. The highest BCUT2D eigenvalue weighted by Crippen LogP contribution is 2.15. The number of nitrogens with zero attached hydrogens (tertiary/aromatic N) is 1. The van der Waals surface area contributed by atoms with Crippen LogP contribution in [0.3, 0.4) is 0 Å². The average molecular weight is 172 g/mol. The Hall–Kier alpha value is -1.82. The molecule has 1 heterocycles. The van der Waals surface area contributed by atoms with Gasteiger partial charge in [0.15, 0.2) is 0 Å². The van der Waals surface area contributed by atoms with Gasteiger partial charge in [0.1, 0.15) is 0 Å². The Balaban J connectivity index is 2.43. The Bertz CT molecular complexity index is 404. The molecule has 0 bridgehead atoms. The highest BCUT2D eigenvalue weighted by atomic mass is 16.1. The molecule has 0 saturated heterocycles. The van der Waals surface area contributed by atoms with Gasteiger partial charge in [-0.05, 0) is 23.3 Å². The van der Waals surface area contributed by atoms with Gasteiger partial charge in [-0.15, -0.1) is 0 Å². The summed E-state index contributed by atoms with van der Waals surface area (Å²) < 4.78 is 0. The van der Waals surface area contributed by atoms with Crippen LogP contribution in [0.15, 0.2) is 18.2 Å². The minimum absolute atomic E-state index is 0.0530. The van der Waals surface area contributed by atoms with Crippen molar-refractivity contribution in [3.8, 4) is 6.07 Å². The first kappa shape index (κ1) is 7.81. The summed E-state index contributed by atoms with van der Waals surface area (Å²) >= 11 is 0. The van der Waals surface area contributed by atoms with Gasteiger partial charge in [-0.1, -0.05) is 6.07 Å². The maximum absolute atomic E-state index is 11.0. The lowest BCUT2D eigenvalue weighted by atomic mass is 9.99. The summed E-state index contributed by atoms with van der Waals surface area (Å²) in [5.74, 6) is 0.0530. The van der Waals surface area contributed by atoms with Crippen LogP contribution in [-0.2, 0) is 17.8 Å². The predicted molar refractivity (Wildman–Crippen MR) is 46.7 cm³/mol. The van der Waals surface area contributed by atoms with Gasteiger partial charge in [0.2, 0.25) is 5.91 Å². The number of carbonyl (C=O) groups is 1. The van der Waals surface area contributed by atoms with Gasteiger partial charge in [-0.3, -0.25) is 4.79 Å². The lowest BCUT2D eigenvalue weighted by Crippen LogP contribution is -2.30. The van der Waals surface area contributed by atoms with Crippen LogP contribution in [0, 0.1) is 11.3 Å². The number of hydrogen-bond acceptors (Lipinski definition) is 2. The second-order valence-corrected chi connectivity index (χ2v) is 3.05. The molecule has 0 atom stereocenters. The van der Waals surface area contributed by atoms with Crippen LogP contribution in [0.2, 0.25) is 0 Å². The molecule has 3 heteroatoms. The zero-order valence-corrected chi connectivity index (χ0v) is 7.00. The summed E-state index contributed by atoms with van der Waals surface area (Å²) in [6, 6.07) is 7.50. The zero-order chi connectivity index (χ0) is 9.26. The van der Waals surface area contributed by atoms with Crippen molar-refractivity contribution in [3.63, 3.8) is 0 Å². The van der Waals surface area contributed by atoms with Gasteiger partial charge in [0, 0.05) is 6.54 Å². The topological polar surface area (TPSA) is 52.9 Å². The molecule has 0 unspecified atom stereocenters. The van der Waals surface area contributed by atoms with Crippen LogP contribution in [0.4, 0.5) is 0 Å². The second kappa shape index (κ2) is 2.91. The van der Waals surface area contributed by atoms with Crippen molar-refractivity contribution in [2.24, 2.45) is 0 Å². The van der Waals surface area contributed by atoms with E-state index >= 15 is 0 Å². The van der Waals surface area contributed by atoms with Crippen LogP contribution in [0.25, 0.3) is 0 Å². The number of amides is 1. The fraction of sp³-hybridized carbons (Fsp3) is 0.200. The first-order chi connectivity index (χ1) is 6.29. The predicted octanol–water partition coefficient (Wildman–Crippen LogP) is 0.731. The summed E-state index contributed by atoms with van der Waals surface area (Å²) in [4.78, 5) is 11.0. The molecule has 0 spiro atoms. The van der Waals surface area contributed by atoms with Crippen molar-refractivity contribution in [2.45, 2.75) is 13.0 Å². The van der Waals surface area contributed by atoms with E-state index in [4.69, 9.17) is 5.26 Å². The highest BCUT2D eigenvalue weighted by molar-refractivity contribution is 5.80.